The molecule has 3 aliphatic carbocycles. The first kappa shape index (κ1) is 66.0. The smallest absolute Gasteiger partial charge is 0.0540 e. The number of para-hydroxylation sites is 3. The van der Waals surface area contributed by atoms with Crippen LogP contribution in [0.3, 0.4) is 0 Å². The lowest BCUT2D eigenvalue weighted by Crippen LogP contribution is -2.18. The highest BCUT2D eigenvalue weighted by molar-refractivity contribution is 6.10. The lowest BCUT2D eigenvalue weighted by atomic mass is 9.82. The summed E-state index contributed by atoms with van der Waals surface area (Å²) in [7, 11) is 0. The Kier molecular flexibility index (Phi) is 16.6. The Morgan fingerprint density at radius 1 is 0.187 bits per heavy atom. The maximum Gasteiger partial charge on any atom is 0.0540 e. The highest BCUT2D eigenvalue weighted by Gasteiger charge is 2.39. The van der Waals surface area contributed by atoms with Crippen LogP contribution in [0.1, 0.15) is 74.9 Å². The Labute approximate surface area is 628 Å². The molecule has 0 aliphatic heterocycles. The molecular weight excluding hydrogens is 1290 g/mol. The third-order valence-electron chi connectivity index (χ3n) is 22.7. The van der Waals surface area contributed by atoms with E-state index in [1.54, 1.807) is 0 Å². The zero-order valence-corrected chi connectivity index (χ0v) is 61.2. The van der Waals surface area contributed by atoms with Crippen molar-refractivity contribution in [1.82, 2.24) is 4.98 Å². The molecule has 0 amide bonds. The van der Waals surface area contributed by atoms with E-state index in [4.69, 9.17) is 0 Å². The van der Waals surface area contributed by atoms with E-state index in [2.05, 4.69) is 407 Å². The summed E-state index contributed by atoms with van der Waals surface area (Å²) >= 11 is 0. The molecule has 0 atom stereocenters. The summed E-state index contributed by atoms with van der Waals surface area (Å²) in [6, 6.07) is 139. The lowest BCUT2D eigenvalue weighted by molar-refractivity contribution is 0.660. The molecule has 0 saturated carbocycles. The van der Waals surface area contributed by atoms with Gasteiger partial charge in [0.25, 0.3) is 0 Å². The predicted molar refractivity (Wildman–Crippen MR) is 454 cm³/mol. The molecule has 17 aromatic rings. The third-order valence-corrected chi connectivity index (χ3v) is 22.7. The number of nitrogens with zero attached hydrogens (tertiary/aromatic N) is 3. The first-order valence-corrected chi connectivity index (χ1v) is 37.4. The molecule has 4 heteroatoms. The highest BCUT2D eigenvalue weighted by Crippen LogP contribution is 2.55. The van der Waals surface area contributed by atoms with Gasteiger partial charge < -0.3 is 19.7 Å². The van der Waals surface area contributed by atoms with Crippen molar-refractivity contribution in [3.63, 3.8) is 0 Å². The molecule has 0 fully saturated rings. The van der Waals surface area contributed by atoms with E-state index in [9.17, 15) is 0 Å². The quantitative estimate of drug-likeness (QED) is 0.140. The first-order valence-electron chi connectivity index (χ1n) is 37.4. The van der Waals surface area contributed by atoms with Crippen LogP contribution >= 0.6 is 0 Å². The van der Waals surface area contributed by atoms with Crippen LogP contribution in [-0.2, 0) is 16.2 Å². The minimum Gasteiger partial charge on any atom is -0.355 e. The molecule has 0 spiro atoms. The van der Waals surface area contributed by atoms with Crippen molar-refractivity contribution in [2.75, 3.05) is 14.7 Å². The summed E-state index contributed by atoms with van der Waals surface area (Å²) in [5, 5.41) is 4.90. The molecule has 107 heavy (non-hydrogen) atoms. The van der Waals surface area contributed by atoms with E-state index in [0.29, 0.717) is 0 Å². The standard InChI is InChI=1S/C55H42N2.C42H34N2.C6H6/c1-55(2)52-28-15-14-26-49(52)50-34-33-46(38-53(50)55)57(45-24-16-19-41(37-45)39-17-6-3-7-18-39)54-36-35-47(48-25-12-13-27-51(48)54)40-29-31-44(32-30-40)56(42-20-8-4-9-21-42)43-22-10-5-11-23-43;1-41(2)35-14-8-5-11-29(35)31-20-17-27(24-37(31)41)44(26-19-22-40-34(23-26)33-13-7-10-16-39(33)43-40)28-18-21-32-30-12-6-9-15-36(30)42(3,4)38(32)25-28;1-2-4-6-5-3-1/h3-38H,1-2H3;5-25,43H,1-4H3;1-6H. The van der Waals surface area contributed by atoms with Gasteiger partial charge in [-0.05, 0) is 210 Å². The maximum atomic E-state index is 3.61. The fourth-order valence-corrected chi connectivity index (χ4v) is 17.3. The summed E-state index contributed by atoms with van der Waals surface area (Å²) in [6.07, 6.45) is 0. The predicted octanol–water partition coefficient (Wildman–Crippen LogP) is 28.5. The van der Waals surface area contributed by atoms with E-state index in [0.717, 1.165) is 45.3 Å². The van der Waals surface area contributed by atoms with Gasteiger partial charge in [-0.25, -0.2) is 0 Å². The largest absolute Gasteiger partial charge is 0.355 e. The van der Waals surface area contributed by atoms with Crippen molar-refractivity contribution in [2.24, 2.45) is 0 Å². The number of anilines is 9. The topological polar surface area (TPSA) is 25.5 Å². The van der Waals surface area contributed by atoms with Crippen LogP contribution in [0, 0.1) is 0 Å². The fraction of sp³-hybridized carbons (Fsp3) is 0.0874. The van der Waals surface area contributed by atoms with Gasteiger partial charge in [-0.3, -0.25) is 0 Å². The van der Waals surface area contributed by atoms with Gasteiger partial charge in [0.2, 0.25) is 0 Å². The van der Waals surface area contributed by atoms with Gasteiger partial charge in [0.05, 0.1) is 5.69 Å². The van der Waals surface area contributed by atoms with Gasteiger partial charge in [0.15, 0.2) is 0 Å². The lowest BCUT2D eigenvalue weighted by Gasteiger charge is -2.30. The molecule has 514 valence electrons. The van der Waals surface area contributed by atoms with Crippen LogP contribution in [-0.4, -0.2) is 4.98 Å². The Morgan fingerprint density at radius 3 is 1.05 bits per heavy atom. The van der Waals surface area contributed by atoms with Crippen LogP contribution in [0.4, 0.5) is 51.2 Å². The molecule has 0 saturated heterocycles. The number of fused-ring (bicyclic) bond motifs is 13. The van der Waals surface area contributed by atoms with E-state index < -0.39 is 0 Å². The second kappa shape index (κ2) is 26.9. The normalized spacial score (nSPS) is 13.4. The minimum atomic E-state index is -0.117. The first-order chi connectivity index (χ1) is 52.4. The van der Waals surface area contributed by atoms with E-state index in [1.165, 1.54) is 127 Å². The molecule has 16 aromatic carbocycles. The molecule has 1 aromatic heterocycles. The molecule has 0 radical (unpaired) electrons. The second-order valence-electron chi connectivity index (χ2n) is 30.1. The van der Waals surface area contributed by atoms with Gasteiger partial charge >= 0.3 is 0 Å². The van der Waals surface area contributed by atoms with Gasteiger partial charge in [0, 0.05) is 88.9 Å². The number of H-pyrrole nitrogens is 1. The zero-order valence-electron chi connectivity index (χ0n) is 61.2. The van der Waals surface area contributed by atoms with Crippen molar-refractivity contribution < 1.29 is 0 Å². The summed E-state index contributed by atoms with van der Waals surface area (Å²) in [4.78, 5) is 10.8. The summed E-state index contributed by atoms with van der Waals surface area (Å²) in [6.45, 7) is 14.2. The molecule has 4 nitrogen and oxygen atoms in total. The molecule has 1 N–H and O–H groups in total. The van der Waals surface area contributed by atoms with E-state index >= 15 is 0 Å². The summed E-state index contributed by atoms with van der Waals surface area (Å²) in [5.74, 6) is 0. The van der Waals surface area contributed by atoms with Crippen molar-refractivity contribution in [3.8, 4) is 55.6 Å². The monoisotopic (exact) mass is 1370 g/mol. The van der Waals surface area contributed by atoms with Crippen LogP contribution in [0.5, 0.6) is 0 Å². The highest BCUT2D eigenvalue weighted by atomic mass is 15.2. The zero-order chi connectivity index (χ0) is 72.4. The maximum absolute atomic E-state index is 3.61. The van der Waals surface area contributed by atoms with Crippen molar-refractivity contribution >= 4 is 83.8 Å². The average Bonchev–Trinajstić information content (AvgIpc) is 1.62. The Balaban J connectivity index is 0.000000144. The van der Waals surface area contributed by atoms with Crippen LogP contribution in [0.25, 0.3) is 88.2 Å². The van der Waals surface area contributed by atoms with Gasteiger partial charge in [-0.15, -0.1) is 0 Å². The Bertz CT molecular complexity index is 5990. The average molecular weight is 1380 g/mol. The third kappa shape index (κ3) is 11.7. The van der Waals surface area contributed by atoms with Crippen molar-refractivity contribution in [1.29, 1.82) is 0 Å². The Hall–Kier alpha value is -13.0. The second-order valence-corrected chi connectivity index (χ2v) is 30.1. The number of nitrogens with one attached hydrogen (secondary N) is 1. The van der Waals surface area contributed by atoms with Crippen LogP contribution < -0.4 is 14.7 Å². The fourth-order valence-electron chi connectivity index (χ4n) is 17.3. The number of hydrogen-bond donors (Lipinski definition) is 1. The molecule has 1 heterocycles. The van der Waals surface area contributed by atoms with Gasteiger partial charge in [0.1, 0.15) is 0 Å². The number of aromatic nitrogens is 1. The van der Waals surface area contributed by atoms with Crippen molar-refractivity contribution in [3.05, 3.63) is 416 Å². The molecular formula is C103H82N4. The van der Waals surface area contributed by atoms with Crippen molar-refractivity contribution in [2.45, 2.75) is 57.8 Å². The number of benzene rings is 16. The van der Waals surface area contributed by atoms with Crippen LogP contribution in [0.15, 0.2) is 382 Å². The van der Waals surface area contributed by atoms with E-state index in [-0.39, 0.29) is 16.2 Å². The molecule has 20 rings (SSSR count). The van der Waals surface area contributed by atoms with Gasteiger partial charge in [-0.1, -0.05) is 308 Å². The van der Waals surface area contributed by atoms with E-state index in [1.807, 2.05) is 36.4 Å². The molecule has 0 bridgehead atoms. The van der Waals surface area contributed by atoms with Gasteiger partial charge in [-0.2, -0.15) is 0 Å². The summed E-state index contributed by atoms with van der Waals surface area (Å²) in [5.41, 5.74) is 33.4. The molecule has 3 aliphatic rings. The number of aromatic amines is 1. The summed E-state index contributed by atoms with van der Waals surface area (Å²) < 4.78 is 0. The molecule has 0 unspecified atom stereocenters. The minimum absolute atomic E-state index is 0.0734. The number of rotatable bonds is 11. The van der Waals surface area contributed by atoms with Crippen LogP contribution in [0.2, 0.25) is 0 Å². The Morgan fingerprint density at radius 2 is 0.523 bits per heavy atom. The number of hydrogen-bond acceptors (Lipinski definition) is 3. The SMILES string of the molecule is CC1(C)c2ccccc2-c2ccc(N(c3ccc4c(c3)C(C)(C)c3ccccc3-4)c3ccc4[nH]c5ccccc5c4c3)cc21.CC1(C)c2ccccc2-c2ccc(N(c3cccc(-c4ccccc4)c3)c3ccc(-c4ccc(N(c5ccccc5)c5ccccc5)cc4)c4ccccc34)cc21.c1ccccc1.